The molecule has 0 aromatic carbocycles. The lowest BCUT2D eigenvalue weighted by Gasteiger charge is -1.95. The first-order chi connectivity index (χ1) is 4.91. The number of hydrogen-bond donors (Lipinski definition) is 3. The number of nitrogens with zero attached hydrogens (tertiary/aromatic N) is 1. The topological polar surface area (TPSA) is 81.0 Å². The van der Waals surface area contributed by atoms with E-state index in [1.807, 2.05) is 0 Å². The molecule has 5 heteroatoms. The first-order valence-electron chi connectivity index (χ1n) is 2.95. The van der Waals surface area contributed by atoms with Crippen molar-refractivity contribution in [2.24, 2.45) is 0 Å². The summed E-state index contributed by atoms with van der Waals surface area (Å²) in [7, 11) is 0. The zero-order chi connectivity index (χ0) is 9.44. The number of carboxylic acids is 1. The molecule has 0 fully saturated rings. The van der Waals surface area contributed by atoms with E-state index in [1.54, 1.807) is 6.92 Å². The maximum Gasteiger partial charge on any atom is 0.330 e. The van der Waals surface area contributed by atoms with Crippen LogP contribution in [0.15, 0.2) is 12.2 Å². The first kappa shape index (κ1) is 12.7. The molecular weight excluding hydrogens is 150 g/mol. The molecule has 0 saturated heterocycles. The summed E-state index contributed by atoms with van der Waals surface area (Å²) < 4.78 is 0. The lowest BCUT2D eigenvalue weighted by molar-refractivity contribution is -0.303. The lowest BCUT2D eigenvalue weighted by atomic mass is 10.4. The molecule has 0 spiro atoms. The Morgan fingerprint density at radius 3 is 1.73 bits per heavy atom. The Kier molecular flexibility index (Phi) is 8.34. The fourth-order valence-electron chi connectivity index (χ4n) is 0. The summed E-state index contributed by atoms with van der Waals surface area (Å²) >= 11 is 0. The predicted molar refractivity (Wildman–Crippen MR) is 38.4 cm³/mol. The minimum Gasteiger partial charge on any atom is -0.478 e. The molecule has 3 N–H and O–H groups in total. The van der Waals surface area contributed by atoms with Crippen molar-refractivity contribution in [3.63, 3.8) is 0 Å². The molecule has 5 nitrogen and oxygen atoms in total. The Bertz CT molecular complexity index is 121. The molecule has 0 aromatic rings. The van der Waals surface area contributed by atoms with E-state index in [0.29, 0.717) is 0 Å². The second-order valence-electron chi connectivity index (χ2n) is 1.77. The van der Waals surface area contributed by atoms with Gasteiger partial charge in [-0.1, -0.05) is 11.8 Å². The highest BCUT2D eigenvalue weighted by Crippen LogP contribution is 1.81. The third-order valence-corrected chi connectivity index (χ3v) is 0.648. The third-order valence-electron chi connectivity index (χ3n) is 0.648. The molecular formula is C6H13NO4. The van der Waals surface area contributed by atoms with Gasteiger partial charge in [0.1, 0.15) is 0 Å². The van der Waals surface area contributed by atoms with Gasteiger partial charge in [0.25, 0.3) is 0 Å². The van der Waals surface area contributed by atoms with Crippen molar-refractivity contribution in [3.05, 3.63) is 12.2 Å². The summed E-state index contributed by atoms with van der Waals surface area (Å²) in [6, 6.07) is 0. The summed E-state index contributed by atoms with van der Waals surface area (Å²) in [5.74, 6) is -0.935. The van der Waals surface area contributed by atoms with Crippen molar-refractivity contribution in [2.45, 2.75) is 13.8 Å². The maximum absolute atomic E-state index is 9.60. The van der Waals surface area contributed by atoms with Crippen molar-refractivity contribution in [1.82, 2.24) is 5.23 Å². The standard InChI is InChI=1S/C4H6O2.C2H7NO2/c1-3(2)4(5)6;1-2-3(4)5/h1H2,2H3,(H,5,6);4-5H,2H2,1H3. The van der Waals surface area contributed by atoms with Gasteiger partial charge in [0.2, 0.25) is 0 Å². The average molecular weight is 163 g/mol. The predicted octanol–water partition coefficient (Wildman–Crippen LogP) is 0.734. The van der Waals surface area contributed by atoms with Gasteiger partial charge in [-0.2, -0.15) is 0 Å². The molecule has 66 valence electrons. The van der Waals surface area contributed by atoms with E-state index in [2.05, 4.69) is 6.58 Å². The van der Waals surface area contributed by atoms with Gasteiger partial charge < -0.3 is 5.11 Å². The second-order valence-corrected chi connectivity index (χ2v) is 1.77. The maximum atomic E-state index is 9.60. The Hall–Kier alpha value is -0.910. The third kappa shape index (κ3) is 17.6. The minimum absolute atomic E-state index is 0.125. The zero-order valence-corrected chi connectivity index (χ0v) is 6.61. The van der Waals surface area contributed by atoms with Gasteiger partial charge in [-0.25, -0.2) is 4.79 Å². The van der Waals surface area contributed by atoms with Crippen molar-refractivity contribution in [1.29, 1.82) is 0 Å². The molecule has 0 unspecified atom stereocenters. The summed E-state index contributed by atoms with van der Waals surface area (Å²) in [5, 5.41) is 23.5. The molecule has 0 bridgehead atoms. The summed E-state index contributed by atoms with van der Waals surface area (Å²) in [5.41, 5.74) is 0.176. The quantitative estimate of drug-likeness (QED) is 0.413. The molecule has 0 aliphatic carbocycles. The SMILES string of the molecule is C=C(C)C(=O)O.CCN(O)O. The number of carboxylic acid groups (broad SMARTS) is 1. The molecule has 0 saturated carbocycles. The molecule has 0 rings (SSSR count). The van der Waals surface area contributed by atoms with Gasteiger partial charge in [0.05, 0.1) is 0 Å². The Morgan fingerprint density at radius 2 is 1.73 bits per heavy atom. The fourth-order valence-corrected chi connectivity index (χ4v) is 0. The zero-order valence-electron chi connectivity index (χ0n) is 6.61. The van der Waals surface area contributed by atoms with Crippen LogP contribution in [0.4, 0.5) is 0 Å². The minimum atomic E-state index is -0.935. The van der Waals surface area contributed by atoms with E-state index in [-0.39, 0.29) is 17.3 Å². The lowest BCUT2D eigenvalue weighted by Crippen LogP contribution is -2.10. The first-order valence-corrected chi connectivity index (χ1v) is 2.95. The van der Waals surface area contributed by atoms with Crippen LogP contribution in [0.5, 0.6) is 0 Å². The van der Waals surface area contributed by atoms with Crippen LogP contribution in [0.1, 0.15) is 13.8 Å². The number of rotatable bonds is 2. The summed E-state index contributed by atoms with van der Waals surface area (Å²) in [6.45, 7) is 6.48. The summed E-state index contributed by atoms with van der Waals surface area (Å²) in [6.07, 6.45) is 0. The largest absolute Gasteiger partial charge is 0.478 e. The van der Waals surface area contributed by atoms with Gasteiger partial charge in [-0.3, -0.25) is 10.4 Å². The monoisotopic (exact) mass is 163 g/mol. The Morgan fingerprint density at radius 1 is 1.55 bits per heavy atom. The highest BCUT2D eigenvalue weighted by atomic mass is 16.8. The molecule has 0 aromatic heterocycles. The highest BCUT2D eigenvalue weighted by Gasteiger charge is 1.90. The van der Waals surface area contributed by atoms with E-state index in [4.69, 9.17) is 15.5 Å². The average Bonchev–Trinajstić information content (AvgIpc) is 1.89. The molecule has 0 radical (unpaired) electrons. The fraction of sp³-hybridized carbons (Fsp3) is 0.500. The van der Waals surface area contributed by atoms with Crippen LogP contribution in [0, 0.1) is 0 Å². The van der Waals surface area contributed by atoms with E-state index in [9.17, 15) is 4.79 Å². The van der Waals surface area contributed by atoms with Gasteiger partial charge in [-0.15, -0.1) is 0 Å². The molecule has 11 heavy (non-hydrogen) atoms. The van der Waals surface area contributed by atoms with Crippen LogP contribution in [-0.2, 0) is 4.79 Å². The van der Waals surface area contributed by atoms with E-state index < -0.39 is 5.97 Å². The van der Waals surface area contributed by atoms with E-state index in [1.165, 1.54) is 6.92 Å². The molecule has 0 aliphatic heterocycles. The van der Waals surface area contributed by atoms with Crippen molar-refractivity contribution >= 4 is 5.97 Å². The van der Waals surface area contributed by atoms with Gasteiger partial charge >= 0.3 is 5.97 Å². The molecule has 0 aliphatic rings. The van der Waals surface area contributed by atoms with Crippen molar-refractivity contribution in [2.75, 3.05) is 6.54 Å². The molecule has 0 amide bonds. The van der Waals surface area contributed by atoms with Crippen LogP contribution < -0.4 is 0 Å². The highest BCUT2D eigenvalue weighted by molar-refractivity contribution is 5.84. The van der Waals surface area contributed by atoms with Gasteiger partial charge in [-0.05, 0) is 13.8 Å². The Labute approximate surface area is 65.1 Å². The van der Waals surface area contributed by atoms with Crippen LogP contribution in [-0.4, -0.2) is 33.3 Å². The number of carbonyl (C=O) groups is 1. The molecule has 0 heterocycles. The Balaban J connectivity index is 0. The van der Waals surface area contributed by atoms with Crippen LogP contribution in [0.25, 0.3) is 0 Å². The second kappa shape index (κ2) is 7.20. The number of hydrogen-bond acceptors (Lipinski definition) is 4. The van der Waals surface area contributed by atoms with E-state index in [0.717, 1.165) is 0 Å². The van der Waals surface area contributed by atoms with Crippen LogP contribution in [0.2, 0.25) is 0 Å². The summed E-state index contributed by atoms with van der Waals surface area (Å²) in [4.78, 5) is 9.60. The molecule has 0 atom stereocenters. The van der Waals surface area contributed by atoms with Crippen LogP contribution in [0.3, 0.4) is 0 Å². The number of aliphatic carboxylic acids is 1. The van der Waals surface area contributed by atoms with Crippen molar-refractivity contribution in [3.8, 4) is 0 Å². The van der Waals surface area contributed by atoms with Gasteiger partial charge in [0, 0.05) is 12.1 Å². The van der Waals surface area contributed by atoms with Crippen LogP contribution >= 0.6 is 0 Å². The van der Waals surface area contributed by atoms with Crippen molar-refractivity contribution < 1.29 is 20.3 Å². The number of hydroxylamine groups is 2. The van der Waals surface area contributed by atoms with Gasteiger partial charge in [0.15, 0.2) is 0 Å². The normalized spacial score (nSPS) is 8.45. The smallest absolute Gasteiger partial charge is 0.330 e. The van der Waals surface area contributed by atoms with E-state index >= 15 is 0 Å².